The summed E-state index contributed by atoms with van der Waals surface area (Å²) in [6, 6.07) is 13.3. The molecule has 0 saturated carbocycles. The van der Waals surface area contributed by atoms with Gasteiger partial charge in [0.15, 0.2) is 0 Å². The summed E-state index contributed by atoms with van der Waals surface area (Å²) in [6.07, 6.45) is -3.38. The number of carbonyl (C=O) groups is 1. The van der Waals surface area contributed by atoms with Crippen molar-refractivity contribution >= 4 is 32.7 Å². The molecule has 0 aliphatic heterocycles. The molecule has 0 spiro atoms. The molecule has 1 heterocycles. The minimum atomic E-state index is -4.55. The average Bonchev–Trinajstić information content (AvgIpc) is 2.63. The predicted octanol–water partition coefficient (Wildman–Crippen LogP) is 3.75. The van der Waals surface area contributed by atoms with Gasteiger partial charge in [0.25, 0.3) is 5.56 Å². The van der Waals surface area contributed by atoms with E-state index in [0.717, 1.165) is 4.57 Å². The number of hydrogen-bond donors (Lipinski definition) is 0. The van der Waals surface area contributed by atoms with Crippen LogP contribution in [-0.2, 0) is 17.9 Å². The Morgan fingerprint density at radius 2 is 1.86 bits per heavy atom. The minimum absolute atomic E-state index is 0.208. The van der Waals surface area contributed by atoms with Crippen molar-refractivity contribution in [1.82, 2.24) is 14.5 Å². The summed E-state index contributed by atoms with van der Waals surface area (Å²) in [5.41, 5.74) is 0.507. The molecule has 3 aromatic rings. The Kier molecular flexibility index (Phi) is 5.83. The maximum atomic E-state index is 13.0. The van der Waals surface area contributed by atoms with Gasteiger partial charge in [0.2, 0.25) is 5.91 Å². The van der Waals surface area contributed by atoms with Gasteiger partial charge in [0, 0.05) is 11.0 Å². The van der Waals surface area contributed by atoms with E-state index in [4.69, 9.17) is 0 Å². The highest BCUT2D eigenvalue weighted by Crippen LogP contribution is 2.19. The SMILES string of the molecule is O=C(Cn1cnc2ccc(Br)cc2c1=O)N(Cc1ccccc1)CC(F)(F)F. The van der Waals surface area contributed by atoms with Crippen molar-refractivity contribution in [1.29, 1.82) is 0 Å². The van der Waals surface area contributed by atoms with Crippen LogP contribution in [0.3, 0.4) is 0 Å². The van der Waals surface area contributed by atoms with Gasteiger partial charge in [-0.3, -0.25) is 14.2 Å². The molecule has 0 saturated heterocycles. The molecule has 2 aromatic carbocycles. The number of amides is 1. The van der Waals surface area contributed by atoms with Crippen LogP contribution < -0.4 is 5.56 Å². The smallest absolute Gasteiger partial charge is 0.328 e. The number of fused-ring (bicyclic) bond motifs is 1. The van der Waals surface area contributed by atoms with Crippen LogP contribution in [-0.4, -0.2) is 33.1 Å². The van der Waals surface area contributed by atoms with Gasteiger partial charge in [-0.2, -0.15) is 13.2 Å². The van der Waals surface area contributed by atoms with E-state index in [1.807, 2.05) is 0 Å². The lowest BCUT2D eigenvalue weighted by molar-refractivity contribution is -0.162. The molecule has 9 heteroatoms. The van der Waals surface area contributed by atoms with Crippen LogP contribution in [0.2, 0.25) is 0 Å². The fourth-order valence-electron chi connectivity index (χ4n) is 2.74. The van der Waals surface area contributed by atoms with E-state index in [1.54, 1.807) is 48.5 Å². The monoisotopic (exact) mass is 453 g/mol. The summed E-state index contributed by atoms with van der Waals surface area (Å²) >= 11 is 3.26. The fourth-order valence-corrected chi connectivity index (χ4v) is 3.10. The molecule has 3 rings (SSSR count). The number of nitrogens with zero attached hydrogens (tertiary/aromatic N) is 3. The van der Waals surface area contributed by atoms with Crippen LogP contribution >= 0.6 is 15.9 Å². The number of benzene rings is 2. The molecule has 0 N–H and O–H groups in total. The highest BCUT2D eigenvalue weighted by Gasteiger charge is 2.33. The van der Waals surface area contributed by atoms with Crippen LogP contribution in [0, 0.1) is 0 Å². The van der Waals surface area contributed by atoms with Crippen molar-refractivity contribution in [2.45, 2.75) is 19.3 Å². The topological polar surface area (TPSA) is 55.2 Å². The van der Waals surface area contributed by atoms with E-state index < -0.39 is 30.7 Å². The molecule has 0 radical (unpaired) electrons. The zero-order valence-electron chi connectivity index (χ0n) is 14.5. The third-order valence-corrected chi connectivity index (χ3v) is 4.52. The second-order valence-corrected chi connectivity index (χ2v) is 7.11. The first-order valence-electron chi connectivity index (χ1n) is 8.26. The molecule has 1 aromatic heterocycles. The average molecular weight is 454 g/mol. The molecule has 1 amide bonds. The van der Waals surface area contributed by atoms with Crippen molar-refractivity contribution in [3.8, 4) is 0 Å². The summed E-state index contributed by atoms with van der Waals surface area (Å²) in [5.74, 6) is -0.820. The lowest BCUT2D eigenvalue weighted by Gasteiger charge is -2.24. The van der Waals surface area contributed by atoms with E-state index in [2.05, 4.69) is 20.9 Å². The summed E-state index contributed by atoms with van der Waals surface area (Å²) < 4.78 is 40.6. The quantitative estimate of drug-likeness (QED) is 0.591. The summed E-state index contributed by atoms with van der Waals surface area (Å²) in [7, 11) is 0. The van der Waals surface area contributed by atoms with E-state index in [1.165, 1.54) is 6.33 Å². The molecule has 0 bridgehead atoms. The Bertz CT molecular complexity index is 1050. The highest BCUT2D eigenvalue weighted by atomic mass is 79.9. The van der Waals surface area contributed by atoms with Crippen LogP contribution in [0.4, 0.5) is 13.2 Å². The largest absolute Gasteiger partial charge is 0.406 e. The standard InChI is InChI=1S/C19H15BrF3N3O2/c20-14-6-7-16-15(8-14)18(28)26(12-24-16)10-17(27)25(11-19(21,22)23)9-13-4-2-1-3-5-13/h1-8,12H,9-11H2. The summed E-state index contributed by atoms with van der Waals surface area (Å²) in [5, 5.41) is 0.273. The zero-order chi connectivity index (χ0) is 20.3. The third kappa shape index (κ3) is 4.98. The molecule has 0 aliphatic carbocycles. The first kappa shape index (κ1) is 20.1. The van der Waals surface area contributed by atoms with E-state index in [0.29, 0.717) is 20.5 Å². The van der Waals surface area contributed by atoms with Gasteiger partial charge in [0.1, 0.15) is 13.1 Å². The zero-order valence-corrected chi connectivity index (χ0v) is 16.1. The molecule has 0 aliphatic rings. The molecule has 0 fully saturated rings. The Morgan fingerprint density at radius 3 is 2.54 bits per heavy atom. The normalized spacial score (nSPS) is 11.6. The molecule has 0 atom stereocenters. The third-order valence-electron chi connectivity index (χ3n) is 4.03. The van der Waals surface area contributed by atoms with Crippen LogP contribution in [0.25, 0.3) is 10.9 Å². The maximum Gasteiger partial charge on any atom is 0.406 e. The number of rotatable bonds is 5. The summed E-state index contributed by atoms with van der Waals surface area (Å²) in [6.45, 7) is -2.14. The number of aromatic nitrogens is 2. The van der Waals surface area contributed by atoms with Crippen molar-refractivity contribution in [3.05, 3.63) is 75.2 Å². The van der Waals surface area contributed by atoms with Gasteiger partial charge in [0.05, 0.1) is 17.2 Å². The van der Waals surface area contributed by atoms with Crippen LogP contribution in [0.5, 0.6) is 0 Å². The van der Waals surface area contributed by atoms with Gasteiger partial charge in [-0.1, -0.05) is 46.3 Å². The predicted molar refractivity (Wildman–Crippen MR) is 102 cm³/mol. The maximum absolute atomic E-state index is 13.0. The van der Waals surface area contributed by atoms with Crippen molar-refractivity contribution in [2.75, 3.05) is 6.54 Å². The lowest BCUT2D eigenvalue weighted by Crippen LogP contribution is -2.41. The molecule has 0 unspecified atom stereocenters. The lowest BCUT2D eigenvalue weighted by atomic mass is 10.2. The van der Waals surface area contributed by atoms with Crippen molar-refractivity contribution < 1.29 is 18.0 Å². The number of hydrogen-bond acceptors (Lipinski definition) is 3. The Labute approximate surface area is 166 Å². The van der Waals surface area contributed by atoms with E-state index >= 15 is 0 Å². The number of halogens is 4. The minimum Gasteiger partial charge on any atom is -0.328 e. The second-order valence-electron chi connectivity index (χ2n) is 6.19. The summed E-state index contributed by atoms with van der Waals surface area (Å²) in [4.78, 5) is 30.0. The molecule has 28 heavy (non-hydrogen) atoms. The first-order chi connectivity index (χ1) is 13.2. The van der Waals surface area contributed by atoms with Crippen LogP contribution in [0.15, 0.2) is 64.1 Å². The Morgan fingerprint density at radius 1 is 1.14 bits per heavy atom. The Hall–Kier alpha value is -2.68. The van der Waals surface area contributed by atoms with Gasteiger partial charge in [-0.15, -0.1) is 0 Å². The van der Waals surface area contributed by atoms with Crippen LogP contribution in [0.1, 0.15) is 5.56 Å². The van der Waals surface area contributed by atoms with Gasteiger partial charge in [-0.05, 0) is 23.8 Å². The van der Waals surface area contributed by atoms with E-state index in [-0.39, 0.29) is 11.9 Å². The Balaban J connectivity index is 1.88. The number of carbonyl (C=O) groups excluding carboxylic acids is 1. The number of alkyl halides is 3. The molecule has 146 valence electrons. The fraction of sp³-hybridized carbons (Fsp3) is 0.211. The molecular weight excluding hydrogens is 439 g/mol. The second kappa shape index (κ2) is 8.14. The highest BCUT2D eigenvalue weighted by molar-refractivity contribution is 9.10. The molecule has 5 nitrogen and oxygen atoms in total. The van der Waals surface area contributed by atoms with E-state index in [9.17, 15) is 22.8 Å². The van der Waals surface area contributed by atoms with Gasteiger partial charge in [-0.25, -0.2) is 4.98 Å². The van der Waals surface area contributed by atoms with Crippen molar-refractivity contribution in [2.24, 2.45) is 0 Å². The van der Waals surface area contributed by atoms with Gasteiger partial charge < -0.3 is 4.90 Å². The van der Waals surface area contributed by atoms with Gasteiger partial charge >= 0.3 is 6.18 Å². The first-order valence-corrected chi connectivity index (χ1v) is 9.05. The molecular formula is C19H15BrF3N3O2. The van der Waals surface area contributed by atoms with Crippen molar-refractivity contribution in [3.63, 3.8) is 0 Å².